The van der Waals surface area contributed by atoms with Crippen LogP contribution in [0.15, 0.2) is 124 Å². The number of benzene rings is 5. The molecule has 0 spiro atoms. The highest BCUT2D eigenvalue weighted by atomic mass is 32.3. The number of Topliss-reactive ketones (excluding diaryl/α,β-unsaturated/α-hetero) is 1. The predicted octanol–water partition coefficient (Wildman–Crippen LogP) is 9.82. The zero-order chi connectivity index (χ0) is 76.4. The van der Waals surface area contributed by atoms with Crippen LogP contribution in [0, 0.1) is 0 Å². The van der Waals surface area contributed by atoms with E-state index in [1.807, 2.05) is 36.7 Å². The number of hydrogen-bond acceptors (Lipinski definition) is 27. The summed E-state index contributed by atoms with van der Waals surface area (Å²) in [6, 6.07) is 24.4. The SMILES string of the molecule is C=C1C[C@H]2C=Nc3cc(OCc4cc(COc5cc6c(cc5OC)CN5CC(=C)C[C@H]5C=N6)cc(C[N+](C)(C)Cc5ccc(OS(=O)(=O)Oc6cc(C(=O)CCCOCCOCCOCCN=[N+]=[N-])ccc6OC6O[C@H](COC(C)=O)[C@H](OC(C)=O)[C@H](OC(C)=O)[C@H]6OC(C)=O)cc5)c4)c(OC)cc3CN2C1. The number of methoxy groups -OCH3 is 2. The van der Waals surface area contributed by atoms with Crippen molar-refractivity contribution in [1.29, 1.82) is 0 Å². The molecule has 107 heavy (non-hydrogen) atoms. The Morgan fingerprint density at radius 1 is 0.598 bits per heavy atom. The fourth-order valence-corrected chi connectivity index (χ4v) is 13.9. The minimum Gasteiger partial charge on any atom is -0.493 e. The van der Waals surface area contributed by atoms with Crippen LogP contribution >= 0.6 is 0 Å². The van der Waals surface area contributed by atoms with Gasteiger partial charge < -0.3 is 74.4 Å². The third-order valence-electron chi connectivity index (χ3n) is 17.8. The van der Waals surface area contributed by atoms with Crippen LogP contribution in [0.25, 0.3) is 10.4 Å². The molecule has 3 fully saturated rings. The average Bonchev–Trinajstić information content (AvgIpc) is 1.06. The van der Waals surface area contributed by atoms with E-state index < -0.39 is 88.9 Å². The Balaban J connectivity index is 0.861. The number of esters is 4. The number of rotatable bonds is 37. The quantitative estimate of drug-likeness (QED) is 0.00410. The van der Waals surface area contributed by atoms with Crippen molar-refractivity contribution in [3.8, 4) is 40.2 Å². The maximum absolute atomic E-state index is 14.2. The van der Waals surface area contributed by atoms with E-state index in [1.165, 1.54) is 35.4 Å². The number of carbonyl (C=O) groups excluding carboxylic acids is 5. The zero-order valence-electron chi connectivity index (χ0n) is 61.3. The summed E-state index contributed by atoms with van der Waals surface area (Å²) >= 11 is 0. The molecule has 5 aromatic carbocycles. The van der Waals surface area contributed by atoms with Gasteiger partial charge in [-0.05, 0) is 120 Å². The van der Waals surface area contributed by atoms with Gasteiger partial charge in [0.25, 0.3) is 0 Å². The lowest BCUT2D eigenvalue weighted by Crippen LogP contribution is -2.63. The first kappa shape index (κ1) is 79.6. The molecule has 5 heterocycles. The molecular weight excluding hydrogens is 1410 g/mol. The molecule has 5 aromatic rings. The lowest BCUT2D eigenvalue weighted by Gasteiger charge is -2.43. The molecule has 7 atom stereocenters. The predicted molar refractivity (Wildman–Crippen MR) is 389 cm³/mol. The van der Waals surface area contributed by atoms with E-state index in [4.69, 9.17) is 85.5 Å². The Morgan fingerprint density at radius 2 is 1.13 bits per heavy atom. The molecular formula is C76H91N8O22S+. The number of fused-ring (bicyclic) bond motifs is 4. The van der Waals surface area contributed by atoms with Gasteiger partial charge in [-0.2, -0.15) is 0 Å². The Morgan fingerprint density at radius 3 is 1.68 bits per heavy atom. The van der Waals surface area contributed by atoms with Gasteiger partial charge in [0.2, 0.25) is 12.4 Å². The van der Waals surface area contributed by atoms with E-state index in [9.17, 15) is 32.4 Å². The van der Waals surface area contributed by atoms with Gasteiger partial charge in [0.1, 0.15) is 44.8 Å². The molecule has 5 aliphatic rings. The maximum Gasteiger partial charge on any atom is 0.501 e. The summed E-state index contributed by atoms with van der Waals surface area (Å²) in [5, 5.41) is 3.40. The number of hydrogen-bond donors (Lipinski definition) is 0. The first-order valence-electron chi connectivity index (χ1n) is 34.9. The van der Waals surface area contributed by atoms with Gasteiger partial charge >= 0.3 is 34.3 Å². The summed E-state index contributed by atoms with van der Waals surface area (Å²) < 4.78 is 116. The molecule has 0 bridgehead atoms. The first-order valence-corrected chi connectivity index (χ1v) is 36.3. The molecule has 3 saturated heterocycles. The van der Waals surface area contributed by atoms with Crippen LogP contribution < -0.4 is 32.1 Å². The minimum atomic E-state index is -5.13. The van der Waals surface area contributed by atoms with Crippen molar-refractivity contribution in [3.05, 3.63) is 159 Å². The summed E-state index contributed by atoms with van der Waals surface area (Å²) in [7, 11) is 2.24. The maximum atomic E-state index is 14.2. The number of azide groups is 1. The van der Waals surface area contributed by atoms with Crippen molar-refractivity contribution in [2.45, 2.75) is 136 Å². The Kier molecular flexibility index (Phi) is 27.6. The normalized spacial score (nSPS) is 19.6. The fourth-order valence-electron chi connectivity index (χ4n) is 13.2. The molecule has 0 aliphatic carbocycles. The highest BCUT2D eigenvalue weighted by Crippen LogP contribution is 2.42. The van der Waals surface area contributed by atoms with Crippen LogP contribution in [0.5, 0.6) is 40.2 Å². The lowest BCUT2D eigenvalue weighted by atomic mass is 9.98. The van der Waals surface area contributed by atoms with Crippen molar-refractivity contribution >= 4 is 63.9 Å². The number of quaternary nitrogens is 1. The number of ketones is 1. The van der Waals surface area contributed by atoms with Gasteiger partial charge in [-0.15, -0.1) is 8.42 Å². The van der Waals surface area contributed by atoms with Crippen LogP contribution in [0.4, 0.5) is 11.4 Å². The Bertz CT molecular complexity index is 4170. The average molecular weight is 1500 g/mol. The van der Waals surface area contributed by atoms with Gasteiger partial charge in [-0.25, -0.2) is 0 Å². The largest absolute Gasteiger partial charge is 0.501 e. The van der Waals surface area contributed by atoms with E-state index in [0.29, 0.717) is 53.7 Å². The highest BCUT2D eigenvalue weighted by Gasteiger charge is 2.54. The molecule has 0 amide bonds. The van der Waals surface area contributed by atoms with Gasteiger partial charge in [0.05, 0.1) is 72.7 Å². The van der Waals surface area contributed by atoms with Crippen LogP contribution in [0.2, 0.25) is 0 Å². The molecule has 31 heteroatoms. The van der Waals surface area contributed by atoms with Crippen LogP contribution in [0.1, 0.15) is 97.1 Å². The molecule has 572 valence electrons. The van der Waals surface area contributed by atoms with Crippen LogP contribution in [-0.4, -0.2) is 202 Å². The summed E-state index contributed by atoms with van der Waals surface area (Å²) in [6.45, 7) is 18.0. The summed E-state index contributed by atoms with van der Waals surface area (Å²) in [4.78, 5) is 80.9. The van der Waals surface area contributed by atoms with Crippen molar-refractivity contribution in [1.82, 2.24) is 9.80 Å². The molecule has 0 saturated carbocycles. The second-order valence-electron chi connectivity index (χ2n) is 27.0. The smallest absolute Gasteiger partial charge is 0.493 e. The minimum absolute atomic E-state index is 0.0306. The van der Waals surface area contributed by atoms with E-state index in [2.05, 4.69) is 65.3 Å². The molecule has 1 unspecified atom stereocenters. The number of aliphatic imine (C=N–C) groups is 2. The number of nitrogens with zero attached hydrogens (tertiary/aromatic N) is 8. The van der Waals surface area contributed by atoms with Gasteiger partial charge in [-0.3, -0.25) is 43.8 Å². The van der Waals surface area contributed by atoms with Gasteiger partial charge in [0.15, 0.2) is 52.5 Å². The van der Waals surface area contributed by atoms with Crippen molar-refractivity contribution in [3.63, 3.8) is 0 Å². The summed E-state index contributed by atoms with van der Waals surface area (Å²) in [6.07, 6.45) is -2.34. The second kappa shape index (κ2) is 37.0. The van der Waals surface area contributed by atoms with E-state index in [0.717, 1.165) is 104 Å². The monoisotopic (exact) mass is 1500 g/mol. The van der Waals surface area contributed by atoms with Crippen LogP contribution in [-0.2, 0) is 107 Å². The standard InChI is InChI=1S/C76H91N8O22S/c1-47-26-60-36-78-63-34-69(67(92-9)32-58(63)40-82(60)38-47)98-44-55-28-54(29-56(30-55)45-99-70-35-64-59(33-68(70)93-10)41-83-39-48(2)27-61(83)37-79-64)43-84(7,8)42-53-13-16-62(17-14-53)105-107(90,91)106-71-31-57(65(89)12-11-20-94-22-24-96-25-23-95-21-19-80-81-77)15-18-66(71)103-76-75(102-52(6)88)74(101-51(5)87)73(100-50(4)86)72(104-76)46-97-49(3)85/h13-18,28-37,60-61,72-76H,1-2,11-12,19-27,38-46H2,3-10H3/q+1/t60-,61-,72+,73-,74-,75+,76?/m0/s1. The molecule has 5 aliphatic heterocycles. The Labute approximate surface area is 621 Å². The molecule has 0 aromatic heterocycles. The molecule has 0 N–H and O–H groups in total. The summed E-state index contributed by atoms with van der Waals surface area (Å²) in [5.41, 5.74) is 17.9. The topological polar surface area (TPSA) is 338 Å². The van der Waals surface area contributed by atoms with Crippen molar-refractivity contribution in [2.75, 3.05) is 94.2 Å². The zero-order valence-corrected chi connectivity index (χ0v) is 62.1. The third-order valence-corrected chi connectivity index (χ3v) is 18.5. The van der Waals surface area contributed by atoms with Gasteiger partial charge in [-0.1, -0.05) is 29.4 Å². The van der Waals surface area contributed by atoms with Crippen LogP contribution in [0.3, 0.4) is 0 Å². The van der Waals surface area contributed by atoms with E-state index in [-0.39, 0.29) is 95.6 Å². The third kappa shape index (κ3) is 22.8. The fraction of sp³-hybridized carbons (Fsp3) is 0.461. The molecule has 10 rings (SSSR count). The van der Waals surface area contributed by atoms with Crippen molar-refractivity contribution < 1.29 is 107 Å². The van der Waals surface area contributed by atoms with Gasteiger partial charge in [0, 0.05) is 132 Å². The Hall–Kier alpha value is -9.95. The number of carbonyl (C=O) groups is 5. The first-order chi connectivity index (χ1) is 51.3. The van der Waals surface area contributed by atoms with E-state index >= 15 is 0 Å². The lowest BCUT2D eigenvalue weighted by molar-refractivity contribution is -0.916. The molecule has 0 radical (unpaired) electrons. The van der Waals surface area contributed by atoms with Crippen molar-refractivity contribution in [2.24, 2.45) is 15.1 Å². The number of ether oxygens (including phenoxy) is 13. The second-order valence-corrected chi connectivity index (χ2v) is 28.2. The summed E-state index contributed by atoms with van der Waals surface area (Å²) in [5.74, 6) is -2.86. The van der Waals surface area contributed by atoms with E-state index in [1.54, 1.807) is 26.4 Å². The highest BCUT2D eigenvalue weighted by molar-refractivity contribution is 7.82. The molecule has 30 nitrogen and oxygen atoms in total.